The molecule has 5 heteroatoms. The van der Waals surface area contributed by atoms with Crippen LogP contribution in [0.4, 0.5) is 17.1 Å². The highest BCUT2D eigenvalue weighted by molar-refractivity contribution is 6.12. The van der Waals surface area contributed by atoms with E-state index in [0.717, 1.165) is 66.8 Å². The molecule has 50 heavy (non-hydrogen) atoms. The summed E-state index contributed by atoms with van der Waals surface area (Å²) in [5.74, 6) is 1.86. The molecule has 7 aromatic carbocycles. The average molecular weight is 643 g/mol. The molecule has 0 atom stereocenters. The highest BCUT2D eigenvalue weighted by atomic mass is 16.3. The van der Waals surface area contributed by atoms with Crippen molar-refractivity contribution in [2.75, 3.05) is 4.90 Å². The molecule has 0 spiro atoms. The summed E-state index contributed by atoms with van der Waals surface area (Å²) in [6.07, 6.45) is 0. The van der Waals surface area contributed by atoms with E-state index in [1.54, 1.807) is 0 Å². The Labute approximate surface area is 289 Å². The molecule has 0 N–H and O–H groups in total. The van der Waals surface area contributed by atoms with Gasteiger partial charge in [0.2, 0.25) is 0 Å². The number of para-hydroxylation sites is 2. The minimum absolute atomic E-state index is 0.604. The van der Waals surface area contributed by atoms with Gasteiger partial charge in [-0.1, -0.05) is 127 Å². The van der Waals surface area contributed by atoms with Crippen molar-refractivity contribution in [3.63, 3.8) is 0 Å². The van der Waals surface area contributed by atoms with Gasteiger partial charge in [0.25, 0.3) is 0 Å². The third kappa shape index (κ3) is 5.47. The van der Waals surface area contributed by atoms with E-state index >= 15 is 0 Å². The van der Waals surface area contributed by atoms with E-state index in [4.69, 9.17) is 19.4 Å². The summed E-state index contributed by atoms with van der Waals surface area (Å²) in [6, 6.07) is 62.2. The molecule has 0 saturated heterocycles. The number of anilines is 3. The highest BCUT2D eigenvalue weighted by Gasteiger charge is 2.18. The standard InChI is InChI=1S/C45H30N4O/c1-5-14-32(15-6-1)43-46-44(33-16-7-2-8-17-33)48-45(47-43)39-22-13-23-40-42(39)38-29-26-34(30-41(38)50-40)31-24-27-37(28-25-31)49(35-18-9-3-10-19-35)36-20-11-4-12-21-36/h1-30H. The van der Waals surface area contributed by atoms with Crippen LogP contribution in [0.5, 0.6) is 0 Å². The number of hydrogen-bond donors (Lipinski definition) is 0. The molecule has 0 aliphatic carbocycles. The Balaban J connectivity index is 1.12. The van der Waals surface area contributed by atoms with Gasteiger partial charge in [0.15, 0.2) is 17.5 Å². The van der Waals surface area contributed by atoms with E-state index in [1.807, 2.05) is 84.9 Å². The molecule has 0 aliphatic rings. The Morgan fingerprint density at radius 3 is 1.44 bits per heavy atom. The van der Waals surface area contributed by atoms with Gasteiger partial charge < -0.3 is 9.32 Å². The number of fused-ring (bicyclic) bond motifs is 3. The zero-order chi connectivity index (χ0) is 33.3. The molecule has 0 radical (unpaired) electrons. The number of rotatable bonds is 7. The zero-order valence-corrected chi connectivity index (χ0v) is 27.0. The fourth-order valence-electron chi connectivity index (χ4n) is 6.53. The molecule has 2 aromatic heterocycles. The molecule has 0 aliphatic heterocycles. The first kappa shape index (κ1) is 29.3. The maximum absolute atomic E-state index is 6.50. The molecule has 9 aromatic rings. The van der Waals surface area contributed by atoms with Crippen LogP contribution in [-0.4, -0.2) is 15.0 Å². The van der Waals surface area contributed by atoms with Crippen LogP contribution >= 0.6 is 0 Å². The van der Waals surface area contributed by atoms with Crippen molar-refractivity contribution in [2.24, 2.45) is 0 Å². The van der Waals surface area contributed by atoms with Gasteiger partial charge in [-0.05, 0) is 65.7 Å². The number of nitrogens with zero attached hydrogens (tertiary/aromatic N) is 4. The first-order valence-corrected chi connectivity index (χ1v) is 16.6. The van der Waals surface area contributed by atoms with Crippen molar-refractivity contribution < 1.29 is 4.42 Å². The first-order chi connectivity index (χ1) is 24.8. The summed E-state index contributed by atoms with van der Waals surface area (Å²) in [6.45, 7) is 0. The molecule has 9 rings (SSSR count). The molecule has 0 unspecified atom stereocenters. The molecule has 5 nitrogen and oxygen atoms in total. The van der Waals surface area contributed by atoms with Crippen LogP contribution in [-0.2, 0) is 0 Å². The van der Waals surface area contributed by atoms with Crippen LogP contribution in [0.3, 0.4) is 0 Å². The van der Waals surface area contributed by atoms with Gasteiger partial charge in [-0.2, -0.15) is 0 Å². The fraction of sp³-hybridized carbons (Fsp3) is 0. The minimum atomic E-state index is 0.604. The van der Waals surface area contributed by atoms with Gasteiger partial charge in [0.1, 0.15) is 11.2 Å². The lowest BCUT2D eigenvalue weighted by molar-refractivity contribution is 0.669. The Hall–Kier alpha value is -6.85. The van der Waals surface area contributed by atoms with E-state index in [9.17, 15) is 0 Å². The summed E-state index contributed by atoms with van der Waals surface area (Å²) in [4.78, 5) is 17.1. The van der Waals surface area contributed by atoms with Gasteiger partial charge in [-0.15, -0.1) is 0 Å². The van der Waals surface area contributed by atoms with Gasteiger partial charge in [0.05, 0.1) is 0 Å². The summed E-state index contributed by atoms with van der Waals surface area (Å²) >= 11 is 0. The minimum Gasteiger partial charge on any atom is -0.456 e. The predicted molar refractivity (Wildman–Crippen MR) is 204 cm³/mol. The maximum atomic E-state index is 6.50. The number of hydrogen-bond acceptors (Lipinski definition) is 5. The summed E-state index contributed by atoms with van der Waals surface area (Å²) < 4.78 is 6.50. The van der Waals surface area contributed by atoms with Crippen LogP contribution < -0.4 is 4.90 Å². The van der Waals surface area contributed by atoms with Gasteiger partial charge in [-0.25, -0.2) is 15.0 Å². The molecule has 2 heterocycles. The Bertz CT molecular complexity index is 2470. The second-order valence-corrected chi connectivity index (χ2v) is 12.1. The smallest absolute Gasteiger partial charge is 0.164 e. The summed E-state index contributed by atoms with van der Waals surface area (Å²) in [5, 5.41) is 1.99. The SMILES string of the molecule is c1ccc(-c2nc(-c3ccccc3)nc(-c3cccc4oc5cc(-c6ccc(N(c7ccccc7)c7ccccc7)cc6)ccc5c34)n2)cc1. The molecule has 0 bridgehead atoms. The van der Waals surface area contributed by atoms with Crippen LogP contribution in [0.15, 0.2) is 186 Å². The van der Waals surface area contributed by atoms with Crippen LogP contribution in [0.25, 0.3) is 67.2 Å². The van der Waals surface area contributed by atoms with Crippen molar-refractivity contribution in [1.29, 1.82) is 0 Å². The third-order valence-corrected chi connectivity index (χ3v) is 8.93. The van der Waals surface area contributed by atoms with E-state index in [0.29, 0.717) is 17.5 Å². The van der Waals surface area contributed by atoms with E-state index in [2.05, 4.69) is 102 Å². The molecule has 0 amide bonds. The topological polar surface area (TPSA) is 55.1 Å². The zero-order valence-electron chi connectivity index (χ0n) is 27.0. The number of aromatic nitrogens is 3. The Kier molecular flexibility index (Phi) is 7.41. The number of benzene rings is 7. The van der Waals surface area contributed by atoms with Gasteiger partial charge in [-0.3, -0.25) is 0 Å². The lowest BCUT2D eigenvalue weighted by Crippen LogP contribution is -2.09. The number of furan rings is 1. The molecular weight excluding hydrogens is 613 g/mol. The average Bonchev–Trinajstić information content (AvgIpc) is 3.58. The Morgan fingerprint density at radius 2 is 0.860 bits per heavy atom. The molecule has 236 valence electrons. The van der Waals surface area contributed by atoms with Crippen molar-refractivity contribution in [3.8, 4) is 45.3 Å². The second kappa shape index (κ2) is 12.6. The van der Waals surface area contributed by atoms with Crippen molar-refractivity contribution in [1.82, 2.24) is 15.0 Å². The van der Waals surface area contributed by atoms with Gasteiger partial charge >= 0.3 is 0 Å². The van der Waals surface area contributed by atoms with E-state index in [1.165, 1.54) is 0 Å². The quantitative estimate of drug-likeness (QED) is 0.173. The first-order valence-electron chi connectivity index (χ1n) is 16.6. The maximum Gasteiger partial charge on any atom is 0.164 e. The fourth-order valence-corrected chi connectivity index (χ4v) is 6.53. The van der Waals surface area contributed by atoms with E-state index in [-0.39, 0.29) is 0 Å². The monoisotopic (exact) mass is 642 g/mol. The highest BCUT2D eigenvalue weighted by Crippen LogP contribution is 2.39. The molecule has 0 fully saturated rings. The van der Waals surface area contributed by atoms with Gasteiger partial charge in [0, 0.05) is 44.5 Å². The molecule has 0 saturated carbocycles. The van der Waals surface area contributed by atoms with Crippen LogP contribution in [0.2, 0.25) is 0 Å². The second-order valence-electron chi connectivity index (χ2n) is 12.1. The normalized spacial score (nSPS) is 11.2. The van der Waals surface area contributed by atoms with Crippen LogP contribution in [0, 0.1) is 0 Å². The van der Waals surface area contributed by atoms with Crippen molar-refractivity contribution in [2.45, 2.75) is 0 Å². The molecular formula is C45H30N4O. The third-order valence-electron chi connectivity index (χ3n) is 8.93. The summed E-state index contributed by atoms with van der Waals surface area (Å²) in [5.41, 5.74) is 9.85. The largest absolute Gasteiger partial charge is 0.456 e. The predicted octanol–water partition coefficient (Wildman–Crippen LogP) is 11.9. The Morgan fingerprint density at radius 1 is 0.360 bits per heavy atom. The lowest BCUT2D eigenvalue weighted by Gasteiger charge is -2.25. The summed E-state index contributed by atoms with van der Waals surface area (Å²) in [7, 11) is 0. The van der Waals surface area contributed by atoms with Crippen molar-refractivity contribution >= 4 is 39.0 Å². The lowest BCUT2D eigenvalue weighted by atomic mass is 10.0. The van der Waals surface area contributed by atoms with Crippen LogP contribution in [0.1, 0.15) is 0 Å². The van der Waals surface area contributed by atoms with E-state index < -0.39 is 0 Å². The van der Waals surface area contributed by atoms with Crippen molar-refractivity contribution in [3.05, 3.63) is 182 Å².